The third-order valence-electron chi connectivity index (χ3n) is 3.60. The number of urea groups is 1. The zero-order valence-corrected chi connectivity index (χ0v) is 13.0. The molecule has 1 saturated heterocycles. The van der Waals surface area contributed by atoms with Gasteiger partial charge in [0.15, 0.2) is 5.82 Å². The molecule has 0 radical (unpaired) electrons. The minimum absolute atomic E-state index is 0.198. The zero-order chi connectivity index (χ0) is 15.3. The van der Waals surface area contributed by atoms with Crippen molar-refractivity contribution in [3.05, 3.63) is 11.8 Å². The molecule has 0 saturated carbocycles. The second-order valence-corrected chi connectivity index (χ2v) is 7.17. The SMILES string of the molecule is CN1CC(C)(C)C(O)N(c2cc(C(C)(C)C)on2)C1=O. The van der Waals surface area contributed by atoms with Gasteiger partial charge in [-0.1, -0.05) is 39.8 Å². The first-order valence-electron chi connectivity index (χ1n) is 6.73. The second kappa shape index (κ2) is 4.48. The fourth-order valence-corrected chi connectivity index (χ4v) is 2.35. The monoisotopic (exact) mass is 281 g/mol. The van der Waals surface area contributed by atoms with Crippen molar-refractivity contribution in [1.29, 1.82) is 0 Å². The largest absolute Gasteiger partial charge is 0.372 e. The van der Waals surface area contributed by atoms with Crippen LogP contribution in [0.15, 0.2) is 10.6 Å². The maximum absolute atomic E-state index is 12.3. The van der Waals surface area contributed by atoms with Crippen molar-refractivity contribution < 1.29 is 14.4 Å². The normalized spacial score (nSPS) is 23.4. The fraction of sp³-hybridized carbons (Fsp3) is 0.714. The van der Waals surface area contributed by atoms with Gasteiger partial charge in [-0.3, -0.25) is 0 Å². The lowest BCUT2D eigenvalue weighted by atomic mass is 9.87. The van der Waals surface area contributed by atoms with Gasteiger partial charge in [0.2, 0.25) is 0 Å². The molecule has 0 aromatic carbocycles. The lowest BCUT2D eigenvalue weighted by Crippen LogP contribution is -2.62. The van der Waals surface area contributed by atoms with E-state index in [0.29, 0.717) is 18.1 Å². The van der Waals surface area contributed by atoms with Gasteiger partial charge < -0.3 is 14.5 Å². The van der Waals surface area contributed by atoms with Crippen LogP contribution in [0.3, 0.4) is 0 Å². The van der Waals surface area contributed by atoms with Crippen LogP contribution in [0.25, 0.3) is 0 Å². The summed E-state index contributed by atoms with van der Waals surface area (Å²) in [6.45, 7) is 10.3. The van der Waals surface area contributed by atoms with Crippen molar-refractivity contribution in [3.8, 4) is 0 Å². The van der Waals surface area contributed by atoms with E-state index in [2.05, 4.69) is 5.16 Å². The van der Waals surface area contributed by atoms with E-state index in [4.69, 9.17) is 4.52 Å². The summed E-state index contributed by atoms with van der Waals surface area (Å²) in [5, 5.41) is 14.4. The Bertz CT molecular complexity index is 516. The average Bonchev–Trinajstić information content (AvgIpc) is 2.75. The molecule has 1 atom stereocenters. The van der Waals surface area contributed by atoms with Crippen molar-refractivity contribution in [2.75, 3.05) is 18.5 Å². The van der Waals surface area contributed by atoms with Gasteiger partial charge in [-0.15, -0.1) is 0 Å². The number of hydrogen-bond acceptors (Lipinski definition) is 4. The second-order valence-electron chi connectivity index (χ2n) is 7.17. The number of carbonyl (C=O) groups is 1. The summed E-state index contributed by atoms with van der Waals surface area (Å²) in [7, 11) is 1.72. The van der Waals surface area contributed by atoms with E-state index < -0.39 is 11.6 Å². The van der Waals surface area contributed by atoms with Crippen LogP contribution in [0.2, 0.25) is 0 Å². The number of aliphatic hydroxyl groups is 1. The highest BCUT2D eigenvalue weighted by Gasteiger charge is 2.45. The molecule has 1 unspecified atom stereocenters. The molecule has 1 aromatic rings. The van der Waals surface area contributed by atoms with E-state index in [0.717, 1.165) is 0 Å². The molecule has 1 fully saturated rings. The molecule has 2 rings (SSSR count). The molecule has 112 valence electrons. The Morgan fingerprint density at radius 2 is 2.05 bits per heavy atom. The van der Waals surface area contributed by atoms with Crippen LogP contribution >= 0.6 is 0 Å². The van der Waals surface area contributed by atoms with Crippen LogP contribution in [-0.2, 0) is 5.41 Å². The van der Waals surface area contributed by atoms with Crippen LogP contribution in [0.1, 0.15) is 40.4 Å². The smallest absolute Gasteiger partial charge is 0.327 e. The lowest BCUT2D eigenvalue weighted by Gasteiger charge is -2.45. The third-order valence-corrected chi connectivity index (χ3v) is 3.60. The fourth-order valence-electron chi connectivity index (χ4n) is 2.35. The molecule has 2 heterocycles. The molecule has 0 bridgehead atoms. The molecule has 0 spiro atoms. The number of aliphatic hydroxyl groups excluding tert-OH is 1. The van der Waals surface area contributed by atoms with Crippen LogP contribution in [-0.4, -0.2) is 41.0 Å². The number of rotatable bonds is 1. The molecule has 2 amide bonds. The Morgan fingerprint density at radius 1 is 1.45 bits per heavy atom. The Hall–Kier alpha value is -1.56. The van der Waals surface area contributed by atoms with Crippen molar-refractivity contribution in [2.24, 2.45) is 5.41 Å². The van der Waals surface area contributed by atoms with Gasteiger partial charge in [-0.2, -0.15) is 0 Å². The molecular formula is C14H23N3O3. The van der Waals surface area contributed by atoms with E-state index in [1.54, 1.807) is 18.0 Å². The number of carbonyl (C=O) groups excluding carboxylic acids is 1. The third kappa shape index (κ3) is 2.40. The van der Waals surface area contributed by atoms with E-state index in [9.17, 15) is 9.90 Å². The van der Waals surface area contributed by atoms with Crippen LogP contribution in [0.4, 0.5) is 10.6 Å². The summed E-state index contributed by atoms with van der Waals surface area (Å²) in [4.78, 5) is 15.2. The van der Waals surface area contributed by atoms with Crippen LogP contribution in [0.5, 0.6) is 0 Å². The van der Waals surface area contributed by atoms with Gasteiger partial charge in [-0.25, -0.2) is 9.69 Å². The Labute approximate surface area is 119 Å². The number of anilines is 1. The van der Waals surface area contributed by atoms with Crippen LogP contribution in [0, 0.1) is 5.41 Å². The molecule has 20 heavy (non-hydrogen) atoms. The van der Waals surface area contributed by atoms with Crippen molar-refractivity contribution >= 4 is 11.8 Å². The molecule has 6 heteroatoms. The summed E-state index contributed by atoms with van der Waals surface area (Å²) < 4.78 is 5.31. The Morgan fingerprint density at radius 3 is 2.55 bits per heavy atom. The van der Waals surface area contributed by atoms with Gasteiger partial charge in [-0.05, 0) is 0 Å². The first-order chi connectivity index (χ1) is 9.04. The predicted molar refractivity (Wildman–Crippen MR) is 75.5 cm³/mol. The Kier molecular flexibility index (Phi) is 3.32. The summed E-state index contributed by atoms with van der Waals surface area (Å²) in [5.41, 5.74) is -0.639. The van der Waals surface area contributed by atoms with Gasteiger partial charge in [0.25, 0.3) is 0 Å². The van der Waals surface area contributed by atoms with Gasteiger partial charge in [0, 0.05) is 30.5 Å². The summed E-state index contributed by atoms with van der Waals surface area (Å²) in [5.74, 6) is 1.03. The first-order valence-corrected chi connectivity index (χ1v) is 6.73. The predicted octanol–water partition coefficient (Wildman–Crippen LogP) is 2.19. The maximum Gasteiger partial charge on any atom is 0.327 e. The molecular weight excluding hydrogens is 258 g/mol. The summed E-state index contributed by atoms with van der Waals surface area (Å²) in [6.07, 6.45) is -0.927. The van der Waals surface area contributed by atoms with Crippen LogP contribution < -0.4 is 4.90 Å². The maximum atomic E-state index is 12.3. The Balaban J connectivity index is 2.39. The van der Waals surface area contributed by atoms with Crippen molar-refractivity contribution in [1.82, 2.24) is 10.1 Å². The van der Waals surface area contributed by atoms with Gasteiger partial charge in [0.05, 0.1) is 0 Å². The van der Waals surface area contributed by atoms with E-state index in [-0.39, 0.29) is 11.4 Å². The number of amides is 2. The van der Waals surface area contributed by atoms with Crippen molar-refractivity contribution in [3.63, 3.8) is 0 Å². The summed E-state index contributed by atoms with van der Waals surface area (Å²) >= 11 is 0. The van der Waals surface area contributed by atoms with Crippen molar-refractivity contribution in [2.45, 2.75) is 46.3 Å². The van der Waals surface area contributed by atoms with E-state index in [1.807, 2.05) is 34.6 Å². The first kappa shape index (κ1) is 14.8. The highest BCUT2D eigenvalue weighted by molar-refractivity contribution is 5.92. The molecule has 1 aliphatic rings. The zero-order valence-electron chi connectivity index (χ0n) is 13.0. The van der Waals surface area contributed by atoms with Gasteiger partial charge >= 0.3 is 6.03 Å². The molecule has 1 aromatic heterocycles. The van der Waals surface area contributed by atoms with Gasteiger partial charge in [0.1, 0.15) is 12.0 Å². The highest BCUT2D eigenvalue weighted by Crippen LogP contribution is 2.34. The molecule has 0 aliphatic carbocycles. The number of aromatic nitrogens is 1. The minimum Gasteiger partial charge on any atom is -0.372 e. The topological polar surface area (TPSA) is 69.8 Å². The lowest BCUT2D eigenvalue weighted by molar-refractivity contribution is 0.0121. The number of hydrogen-bond donors (Lipinski definition) is 1. The standard InChI is InChI=1S/C14H23N3O3/c1-13(2,3)9-7-10(15-20-9)17-11(18)14(4,5)8-16(6)12(17)19/h7,11,18H,8H2,1-6H3. The molecule has 6 nitrogen and oxygen atoms in total. The number of nitrogens with zero attached hydrogens (tertiary/aromatic N) is 3. The van der Waals surface area contributed by atoms with E-state index >= 15 is 0 Å². The average molecular weight is 281 g/mol. The molecule has 1 aliphatic heterocycles. The quantitative estimate of drug-likeness (QED) is 0.856. The van der Waals surface area contributed by atoms with E-state index in [1.165, 1.54) is 4.90 Å². The minimum atomic E-state index is -0.927. The highest BCUT2D eigenvalue weighted by atomic mass is 16.5. The summed E-state index contributed by atoms with van der Waals surface area (Å²) in [6, 6.07) is 1.45. The molecule has 1 N–H and O–H groups in total.